The monoisotopic (exact) mass is 547 g/mol. The quantitative estimate of drug-likeness (QED) is 0.220. The van der Waals surface area contributed by atoms with Crippen LogP contribution in [0.1, 0.15) is 16.7 Å². The molecule has 2 N–H and O–H groups in total. The second kappa shape index (κ2) is 13.5. The van der Waals surface area contributed by atoms with E-state index in [1.807, 2.05) is 6.07 Å². The highest BCUT2D eigenvalue weighted by Crippen LogP contribution is 2.28. The molecular weight excluding hydrogens is 524 g/mol. The highest BCUT2D eigenvalue weighted by atomic mass is 35.5. The fourth-order valence-corrected chi connectivity index (χ4v) is 3.62. The van der Waals surface area contributed by atoms with Gasteiger partial charge in [-0.1, -0.05) is 35.3 Å². The van der Waals surface area contributed by atoms with Crippen LogP contribution in [0.4, 0.5) is 4.39 Å². The summed E-state index contributed by atoms with van der Waals surface area (Å²) in [6, 6.07) is 14.4. The molecule has 0 bridgehead atoms. The van der Waals surface area contributed by atoms with Gasteiger partial charge in [-0.3, -0.25) is 9.59 Å². The minimum absolute atomic E-state index is 0.136. The Hall–Kier alpha value is -3.82. The maximum absolute atomic E-state index is 14.0. The molecule has 0 aliphatic rings. The number of hydrogen-bond acceptors (Lipinski definition) is 6. The molecule has 0 fully saturated rings. The van der Waals surface area contributed by atoms with Crippen molar-refractivity contribution < 1.29 is 28.2 Å². The van der Waals surface area contributed by atoms with Crippen molar-refractivity contribution >= 4 is 41.2 Å². The zero-order valence-corrected chi connectivity index (χ0v) is 21.5. The van der Waals surface area contributed by atoms with Crippen LogP contribution in [-0.4, -0.2) is 38.8 Å². The van der Waals surface area contributed by atoms with Crippen LogP contribution in [0.5, 0.6) is 17.2 Å². The molecule has 3 aromatic carbocycles. The summed E-state index contributed by atoms with van der Waals surface area (Å²) in [5, 5.41) is 6.95. The Bertz CT molecular complexity index is 1280. The van der Waals surface area contributed by atoms with Gasteiger partial charge in [0.2, 0.25) is 0 Å². The van der Waals surface area contributed by atoms with Crippen molar-refractivity contribution in [1.29, 1.82) is 0 Å². The average Bonchev–Trinajstić information content (AvgIpc) is 2.89. The van der Waals surface area contributed by atoms with Gasteiger partial charge in [0.1, 0.15) is 18.2 Å². The van der Waals surface area contributed by atoms with Crippen LogP contribution in [0.2, 0.25) is 10.0 Å². The van der Waals surface area contributed by atoms with E-state index in [-0.39, 0.29) is 23.7 Å². The molecule has 11 heteroatoms. The van der Waals surface area contributed by atoms with E-state index in [0.29, 0.717) is 34.3 Å². The first-order chi connectivity index (χ1) is 17.8. The number of amides is 2. The lowest BCUT2D eigenvalue weighted by Crippen LogP contribution is -2.38. The molecular formula is C26H24Cl2FN3O5. The molecule has 3 aromatic rings. The van der Waals surface area contributed by atoms with Gasteiger partial charge in [0.05, 0.1) is 25.5 Å². The minimum Gasteiger partial charge on any atom is -0.493 e. The normalized spacial score (nSPS) is 10.7. The van der Waals surface area contributed by atoms with Crippen LogP contribution in [0.15, 0.2) is 59.7 Å². The van der Waals surface area contributed by atoms with Gasteiger partial charge in [-0.25, -0.2) is 9.82 Å². The predicted molar refractivity (Wildman–Crippen MR) is 139 cm³/mol. The SMILES string of the molecule is COc1ccc(CCNC(=O)C(=O)N/N=C\c2cc(Cl)ccc2OCc2c(F)cccc2Cl)cc1OC. The van der Waals surface area contributed by atoms with Crippen molar-refractivity contribution in [2.45, 2.75) is 13.0 Å². The predicted octanol–water partition coefficient (Wildman–Crippen LogP) is 4.54. The van der Waals surface area contributed by atoms with Crippen LogP contribution in [-0.2, 0) is 22.6 Å². The number of carbonyl (C=O) groups excluding carboxylic acids is 2. The zero-order valence-electron chi connectivity index (χ0n) is 20.0. The topological polar surface area (TPSA) is 98.2 Å². The van der Waals surface area contributed by atoms with Gasteiger partial charge in [0.15, 0.2) is 11.5 Å². The van der Waals surface area contributed by atoms with Gasteiger partial charge in [0, 0.05) is 22.7 Å². The molecule has 0 unspecified atom stereocenters. The van der Waals surface area contributed by atoms with E-state index >= 15 is 0 Å². The number of methoxy groups -OCH3 is 2. The molecule has 0 aliphatic carbocycles. The minimum atomic E-state index is -0.953. The smallest absolute Gasteiger partial charge is 0.329 e. The first-order valence-corrected chi connectivity index (χ1v) is 11.7. The number of nitrogens with zero attached hydrogens (tertiary/aromatic N) is 1. The third-order valence-electron chi connectivity index (χ3n) is 5.13. The molecule has 0 aromatic heterocycles. The summed E-state index contributed by atoms with van der Waals surface area (Å²) in [6.45, 7) is 0.0825. The highest BCUT2D eigenvalue weighted by Gasteiger charge is 2.13. The summed E-state index contributed by atoms with van der Waals surface area (Å²) in [6.07, 6.45) is 1.73. The molecule has 0 saturated heterocycles. The molecule has 0 spiro atoms. The van der Waals surface area contributed by atoms with Gasteiger partial charge < -0.3 is 19.5 Å². The summed E-state index contributed by atoms with van der Waals surface area (Å²) >= 11 is 12.1. The largest absolute Gasteiger partial charge is 0.493 e. The fraction of sp³-hybridized carbons (Fsp3) is 0.192. The van der Waals surface area contributed by atoms with E-state index in [9.17, 15) is 14.0 Å². The first kappa shape index (κ1) is 27.8. The maximum atomic E-state index is 14.0. The Morgan fingerprint density at radius 3 is 2.46 bits per heavy atom. The second-order valence-corrected chi connectivity index (χ2v) is 8.41. The van der Waals surface area contributed by atoms with Crippen LogP contribution in [0.3, 0.4) is 0 Å². The van der Waals surface area contributed by atoms with E-state index < -0.39 is 17.6 Å². The Labute approximate surface area is 223 Å². The van der Waals surface area contributed by atoms with Crippen LogP contribution in [0, 0.1) is 5.82 Å². The molecule has 0 heterocycles. The highest BCUT2D eigenvalue weighted by molar-refractivity contribution is 6.35. The summed E-state index contributed by atoms with van der Waals surface area (Å²) in [7, 11) is 3.08. The zero-order chi connectivity index (χ0) is 26.8. The van der Waals surface area contributed by atoms with Crippen LogP contribution >= 0.6 is 23.2 Å². The van der Waals surface area contributed by atoms with Gasteiger partial charge in [0.25, 0.3) is 0 Å². The molecule has 8 nitrogen and oxygen atoms in total. The van der Waals surface area contributed by atoms with Gasteiger partial charge in [-0.2, -0.15) is 5.10 Å². The third kappa shape index (κ3) is 7.83. The lowest BCUT2D eigenvalue weighted by molar-refractivity contribution is -0.139. The molecule has 0 radical (unpaired) electrons. The first-order valence-electron chi connectivity index (χ1n) is 11.0. The van der Waals surface area contributed by atoms with Gasteiger partial charge in [-0.15, -0.1) is 0 Å². The molecule has 37 heavy (non-hydrogen) atoms. The number of nitrogens with one attached hydrogen (secondary N) is 2. The third-order valence-corrected chi connectivity index (χ3v) is 5.72. The van der Waals surface area contributed by atoms with Crippen molar-refractivity contribution in [3.63, 3.8) is 0 Å². The second-order valence-electron chi connectivity index (χ2n) is 7.57. The van der Waals surface area contributed by atoms with Crippen LogP contribution in [0.25, 0.3) is 0 Å². The van der Waals surface area contributed by atoms with E-state index in [1.54, 1.807) is 43.5 Å². The molecule has 0 saturated carbocycles. The van der Waals surface area contributed by atoms with Crippen molar-refractivity contribution in [2.24, 2.45) is 5.10 Å². The molecule has 0 aliphatic heterocycles. The van der Waals surface area contributed by atoms with E-state index in [2.05, 4.69) is 15.8 Å². The van der Waals surface area contributed by atoms with Crippen molar-refractivity contribution in [2.75, 3.05) is 20.8 Å². The van der Waals surface area contributed by atoms with E-state index in [4.69, 9.17) is 37.4 Å². The Morgan fingerprint density at radius 2 is 1.73 bits per heavy atom. The summed E-state index contributed by atoms with van der Waals surface area (Å²) in [5.41, 5.74) is 3.64. The van der Waals surface area contributed by atoms with Crippen molar-refractivity contribution in [3.8, 4) is 17.2 Å². The average molecular weight is 548 g/mol. The lowest BCUT2D eigenvalue weighted by atomic mass is 10.1. The van der Waals surface area contributed by atoms with Gasteiger partial charge in [-0.05, 0) is 54.4 Å². The number of rotatable bonds is 10. The van der Waals surface area contributed by atoms with Gasteiger partial charge >= 0.3 is 11.8 Å². The molecule has 3 rings (SSSR count). The maximum Gasteiger partial charge on any atom is 0.329 e. The number of halogens is 3. The van der Waals surface area contributed by atoms with Crippen LogP contribution < -0.4 is 25.0 Å². The summed E-state index contributed by atoms with van der Waals surface area (Å²) < 4.78 is 30.2. The molecule has 0 atom stereocenters. The summed E-state index contributed by atoms with van der Waals surface area (Å²) in [5.74, 6) is -0.820. The Balaban J connectivity index is 1.54. The number of hydrogen-bond donors (Lipinski definition) is 2. The number of carbonyl (C=O) groups is 2. The van der Waals surface area contributed by atoms with E-state index in [0.717, 1.165) is 5.56 Å². The Morgan fingerprint density at radius 1 is 0.973 bits per heavy atom. The standard InChI is InChI=1S/C26H24Cl2FN3O5/c1-35-23-8-6-16(12-24(23)36-2)10-11-30-25(33)26(34)32-31-14-17-13-18(27)7-9-22(17)37-15-19-20(28)4-3-5-21(19)29/h3-9,12-14H,10-11,15H2,1-2H3,(H,30,33)(H,32,34)/b31-14-. The van der Waals surface area contributed by atoms with E-state index in [1.165, 1.54) is 25.5 Å². The number of benzene rings is 3. The Kier molecular flexibility index (Phi) is 10.1. The lowest BCUT2D eigenvalue weighted by Gasteiger charge is -2.11. The fourth-order valence-electron chi connectivity index (χ4n) is 3.22. The summed E-state index contributed by atoms with van der Waals surface area (Å²) in [4.78, 5) is 24.2. The van der Waals surface area contributed by atoms with Crippen molar-refractivity contribution in [3.05, 3.63) is 87.2 Å². The number of ether oxygens (including phenoxy) is 3. The molecule has 194 valence electrons. The number of hydrazone groups is 1. The molecule has 2 amide bonds. The van der Waals surface area contributed by atoms with Crippen molar-refractivity contribution in [1.82, 2.24) is 10.7 Å².